The van der Waals surface area contributed by atoms with Crippen LogP contribution in [0, 0.1) is 46.3 Å². The summed E-state index contributed by atoms with van der Waals surface area (Å²) in [7, 11) is 0. The van der Waals surface area contributed by atoms with E-state index in [-0.39, 0.29) is 12.1 Å². The van der Waals surface area contributed by atoms with Gasteiger partial charge in [-0.3, -0.25) is 9.59 Å². The van der Waals surface area contributed by atoms with Gasteiger partial charge in [0.25, 0.3) is 0 Å². The number of aliphatic carboxylic acids is 1. The second-order valence-electron chi connectivity index (χ2n) is 12.2. The average molecular weight is 448 g/mol. The molecule has 5 heteroatoms. The van der Waals surface area contributed by atoms with Crippen LogP contribution in [0.3, 0.4) is 0 Å². The summed E-state index contributed by atoms with van der Waals surface area (Å²) in [6, 6.07) is 0. The molecule has 0 aromatic carbocycles. The zero-order chi connectivity index (χ0) is 23.1. The highest BCUT2D eigenvalue weighted by Gasteiger charge is 2.60. The van der Waals surface area contributed by atoms with Crippen molar-refractivity contribution >= 4 is 11.9 Å². The topological polar surface area (TPSA) is 89.6 Å². The van der Waals surface area contributed by atoms with Crippen LogP contribution in [-0.4, -0.2) is 29.7 Å². The Morgan fingerprint density at radius 2 is 1.72 bits per heavy atom. The predicted molar refractivity (Wildman–Crippen MR) is 125 cm³/mol. The van der Waals surface area contributed by atoms with Crippen LogP contribution in [0.25, 0.3) is 0 Å². The van der Waals surface area contributed by atoms with Gasteiger partial charge in [-0.2, -0.15) is 0 Å². The molecule has 0 aliphatic heterocycles. The lowest BCUT2D eigenvalue weighted by Gasteiger charge is -2.61. The molecule has 5 nitrogen and oxygen atoms in total. The standard InChI is InChI=1S/C27H45NO4/c1-17(4-9-24(29)30)21-7-8-22-20-6-5-18-16-19(32-25(31)12-15-28)10-13-26(18,2)23(20)11-14-27(21,22)3/h17-23H,4-16,28H2,1-3H3,(H,29,30)/t17-,18-,19+,20+,21-,22+,23+,26+,27-/m1/s1. The first-order valence-corrected chi connectivity index (χ1v) is 13.3. The van der Waals surface area contributed by atoms with Gasteiger partial charge in [-0.1, -0.05) is 20.8 Å². The van der Waals surface area contributed by atoms with E-state index in [4.69, 9.17) is 15.6 Å². The van der Waals surface area contributed by atoms with E-state index in [1.54, 1.807) is 0 Å². The molecule has 0 aromatic heterocycles. The van der Waals surface area contributed by atoms with Gasteiger partial charge in [-0.05, 0) is 111 Å². The number of fused-ring (bicyclic) bond motifs is 5. The van der Waals surface area contributed by atoms with Crippen molar-refractivity contribution in [2.75, 3.05) is 6.54 Å². The van der Waals surface area contributed by atoms with Gasteiger partial charge in [-0.15, -0.1) is 0 Å². The van der Waals surface area contributed by atoms with E-state index in [1.807, 2.05) is 0 Å². The minimum Gasteiger partial charge on any atom is -0.481 e. The van der Waals surface area contributed by atoms with Gasteiger partial charge in [-0.25, -0.2) is 0 Å². The van der Waals surface area contributed by atoms with E-state index in [0.717, 1.165) is 37.0 Å². The van der Waals surface area contributed by atoms with Gasteiger partial charge in [0.15, 0.2) is 0 Å². The number of carbonyl (C=O) groups excluding carboxylic acids is 1. The maximum Gasteiger partial charge on any atom is 0.307 e. The second kappa shape index (κ2) is 9.27. The first kappa shape index (κ1) is 24.0. The molecule has 4 aliphatic carbocycles. The van der Waals surface area contributed by atoms with E-state index in [1.165, 1.54) is 44.9 Å². The number of ether oxygens (including phenoxy) is 1. The van der Waals surface area contributed by atoms with Crippen molar-refractivity contribution in [2.45, 2.75) is 104 Å². The summed E-state index contributed by atoms with van der Waals surface area (Å²) in [5, 5.41) is 9.16. The summed E-state index contributed by atoms with van der Waals surface area (Å²) in [5.74, 6) is 3.49. The molecule has 0 aromatic rings. The average Bonchev–Trinajstić information content (AvgIpc) is 3.09. The molecule has 0 spiro atoms. The third-order valence-corrected chi connectivity index (χ3v) is 10.8. The number of carboxylic acids is 1. The third kappa shape index (κ3) is 4.23. The molecule has 0 amide bonds. The lowest BCUT2D eigenvalue weighted by atomic mass is 9.44. The summed E-state index contributed by atoms with van der Waals surface area (Å²) in [6.07, 6.45) is 12.6. The number of rotatable bonds is 7. The molecular formula is C27H45NO4. The normalized spacial score (nSPS) is 44.1. The van der Waals surface area contributed by atoms with Gasteiger partial charge < -0.3 is 15.6 Å². The van der Waals surface area contributed by atoms with Gasteiger partial charge in [0.1, 0.15) is 6.10 Å². The summed E-state index contributed by atoms with van der Waals surface area (Å²) in [4.78, 5) is 23.1. The molecule has 0 saturated heterocycles. The van der Waals surface area contributed by atoms with E-state index in [2.05, 4.69) is 20.8 Å². The van der Waals surface area contributed by atoms with Gasteiger partial charge in [0, 0.05) is 13.0 Å². The molecule has 4 saturated carbocycles. The van der Waals surface area contributed by atoms with Crippen LogP contribution in [0.2, 0.25) is 0 Å². The molecule has 3 N–H and O–H groups in total. The monoisotopic (exact) mass is 447 g/mol. The quantitative estimate of drug-likeness (QED) is 0.510. The lowest BCUT2D eigenvalue weighted by molar-refractivity contribution is -0.162. The molecule has 4 rings (SSSR count). The van der Waals surface area contributed by atoms with Crippen LogP contribution in [0.1, 0.15) is 97.8 Å². The molecule has 0 unspecified atom stereocenters. The van der Waals surface area contributed by atoms with Gasteiger partial charge in [0.2, 0.25) is 0 Å². The number of hydrogen-bond acceptors (Lipinski definition) is 4. The van der Waals surface area contributed by atoms with Crippen LogP contribution in [-0.2, 0) is 14.3 Å². The number of esters is 1. The molecular weight excluding hydrogens is 402 g/mol. The number of hydrogen-bond donors (Lipinski definition) is 2. The Balaban J connectivity index is 1.43. The SMILES string of the molecule is C[C@H](CCC(=O)O)[C@H]1CC[C@H]2[C@@H]3CC[C@@H]4C[C@@H](OC(=O)CCN)CC[C@]4(C)[C@H]3CC[C@]12C. The predicted octanol–water partition coefficient (Wildman–Crippen LogP) is 5.41. The first-order chi connectivity index (χ1) is 15.2. The summed E-state index contributed by atoms with van der Waals surface area (Å²) in [6.45, 7) is 7.77. The zero-order valence-electron chi connectivity index (χ0n) is 20.5. The maximum absolute atomic E-state index is 12.0. The Bertz CT molecular complexity index is 710. The highest BCUT2D eigenvalue weighted by Crippen LogP contribution is 2.68. The van der Waals surface area contributed by atoms with Crippen LogP contribution in [0.4, 0.5) is 0 Å². The van der Waals surface area contributed by atoms with Crippen molar-refractivity contribution in [2.24, 2.45) is 52.1 Å². The van der Waals surface area contributed by atoms with Gasteiger partial charge in [0.05, 0.1) is 6.42 Å². The molecule has 0 heterocycles. The van der Waals surface area contributed by atoms with Crippen molar-refractivity contribution in [1.29, 1.82) is 0 Å². The van der Waals surface area contributed by atoms with Crippen LogP contribution in [0.15, 0.2) is 0 Å². The third-order valence-electron chi connectivity index (χ3n) is 10.8. The molecule has 4 fully saturated rings. The van der Waals surface area contributed by atoms with Crippen LogP contribution in [0.5, 0.6) is 0 Å². The fraction of sp³-hybridized carbons (Fsp3) is 0.926. The number of carbonyl (C=O) groups is 2. The molecule has 0 bridgehead atoms. The summed E-state index contributed by atoms with van der Waals surface area (Å²) >= 11 is 0. The minimum atomic E-state index is -0.657. The Morgan fingerprint density at radius 3 is 2.44 bits per heavy atom. The van der Waals surface area contributed by atoms with E-state index >= 15 is 0 Å². The zero-order valence-corrected chi connectivity index (χ0v) is 20.5. The second-order valence-corrected chi connectivity index (χ2v) is 12.2. The lowest BCUT2D eigenvalue weighted by Crippen LogP contribution is -2.54. The minimum absolute atomic E-state index is 0.0866. The molecule has 9 atom stereocenters. The Morgan fingerprint density at radius 1 is 1.00 bits per heavy atom. The smallest absolute Gasteiger partial charge is 0.307 e. The number of nitrogens with two attached hydrogens (primary N) is 1. The number of carboxylic acid groups (broad SMARTS) is 1. The Labute approximate surface area is 194 Å². The van der Waals surface area contributed by atoms with Crippen molar-refractivity contribution in [3.8, 4) is 0 Å². The molecule has 4 aliphatic rings. The highest BCUT2D eigenvalue weighted by atomic mass is 16.5. The molecule has 0 radical (unpaired) electrons. The highest BCUT2D eigenvalue weighted by molar-refractivity contribution is 5.69. The fourth-order valence-electron chi connectivity index (χ4n) is 9.22. The summed E-state index contributed by atoms with van der Waals surface area (Å²) in [5.41, 5.74) is 6.29. The Hall–Kier alpha value is -1.10. The maximum atomic E-state index is 12.0. The molecule has 182 valence electrons. The van der Waals surface area contributed by atoms with E-state index in [0.29, 0.717) is 48.0 Å². The first-order valence-electron chi connectivity index (χ1n) is 13.3. The van der Waals surface area contributed by atoms with E-state index < -0.39 is 5.97 Å². The largest absolute Gasteiger partial charge is 0.481 e. The van der Waals surface area contributed by atoms with Gasteiger partial charge >= 0.3 is 11.9 Å². The van der Waals surface area contributed by atoms with Crippen LogP contribution < -0.4 is 5.73 Å². The van der Waals surface area contributed by atoms with Crippen molar-refractivity contribution in [1.82, 2.24) is 0 Å². The Kier molecular flexibility index (Phi) is 6.96. The fourth-order valence-corrected chi connectivity index (χ4v) is 9.22. The summed E-state index contributed by atoms with van der Waals surface area (Å²) < 4.78 is 5.77. The van der Waals surface area contributed by atoms with E-state index in [9.17, 15) is 9.59 Å². The van der Waals surface area contributed by atoms with Crippen molar-refractivity contribution < 1.29 is 19.4 Å². The molecule has 32 heavy (non-hydrogen) atoms. The van der Waals surface area contributed by atoms with Crippen molar-refractivity contribution in [3.63, 3.8) is 0 Å². The van der Waals surface area contributed by atoms with Crippen molar-refractivity contribution in [3.05, 3.63) is 0 Å². The van der Waals surface area contributed by atoms with Crippen LogP contribution >= 0.6 is 0 Å².